The molecule has 0 heterocycles. The summed E-state index contributed by atoms with van der Waals surface area (Å²) >= 11 is 13.5. The van der Waals surface area contributed by atoms with Gasteiger partial charge in [-0.3, -0.25) is 9.59 Å². The maximum atomic E-state index is 13.2. The number of rotatable bonds is 7. The van der Waals surface area contributed by atoms with Crippen molar-refractivity contribution in [2.24, 2.45) is 0 Å². The van der Waals surface area contributed by atoms with E-state index in [0.29, 0.717) is 27.0 Å². The van der Waals surface area contributed by atoms with E-state index >= 15 is 0 Å². The zero-order valence-electron chi connectivity index (χ0n) is 18.8. The average Bonchev–Trinajstić information content (AvgIpc) is 2.86. The highest BCUT2D eigenvalue weighted by Crippen LogP contribution is 2.37. The van der Waals surface area contributed by atoms with Crippen molar-refractivity contribution >= 4 is 58.2 Å². The van der Waals surface area contributed by atoms with Crippen LogP contribution in [0.15, 0.2) is 102 Å². The molecule has 1 atom stereocenters. The van der Waals surface area contributed by atoms with E-state index in [1.165, 1.54) is 11.8 Å². The molecule has 0 aliphatic rings. The van der Waals surface area contributed by atoms with E-state index in [1.807, 2.05) is 79.7 Å². The number of thioether (sulfide) groups is 1. The quantitative estimate of drug-likeness (QED) is 0.242. The van der Waals surface area contributed by atoms with Crippen molar-refractivity contribution in [2.45, 2.75) is 17.1 Å². The first-order chi connectivity index (χ1) is 16.9. The smallest absolute Gasteiger partial charge is 0.255 e. The van der Waals surface area contributed by atoms with Crippen molar-refractivity contribution < 1.29 is 9.59 Å². The van der Waals surface area contributed by atoms with Gasteiger partial charge in [-0.25, -0.2) is 0 Å². The van der Waals surface area contributed by atoms with E-state index < -0.39 is 5.25 Å². The molecule has 1 unspecified atom stereocenters. The molecule has 2 amide bonds. The van der Waals surface area contributed by atoms with Crippen molar-refractivity contribution in [3.8, 4) is 0 Å². The third-order valence-corrected chi connectivity index (χ3v) is 7.29. The first-order valence-corrected chi connectivity index (χ1v) is 12.5. The van der Waals surface area contributed by atoms with E-state index in [2.05, 4.69) is 10.6 Å². The number of hydrogen-bond donors (Lipinski definition) is 2. The maximum Gasteiger partial charge on any atom is 0.255 e. The molecule has 2 N–H and O–H groups in total. The van der Waals surface area contributed by atoms with Gasteiger partial charge in [-0.15, -0.1) is 11.8 Å². The van der Waals surface area contributed by atoms with Gasteiger partial charge in [0.2, 0.25) is 5.91 Å². The predicted molar refractivity (Wildman–Crippen MR) is 146 cm³/mol. The molecule has 7 heteroatoms. The minimum absolute atomic E-state index is 0.160. The fourth-order valence-electron chi connectivity index (χ4n) is 3.46. The van der Waals surface area contributed by atoms with E-state index in [9.17, 15) is 9.59 Å². The van der Waals surface area contributed by atoms with Gasteiger partial charge >= 0.3 is 0 Å². The number of carbonyl (C=O) groups excluding carboxylic acids is 2. The summed E-state index contributed by atoms with van der Waals surface area (Å²) in [4.78, 5) is 26.7. The van der Waals surface area contributed by atoms with E-state index in [0.717, 1.165) is 16.0 Å². The van der Waals surface area contributed by atoms with Crippen LogP contribution in [0, 0.1) is 6.92 Å². The molecule has 0 saturated carbocycles. The summed E-state index contributed by atoms with van der Waals surface area (Å²) in [5.41, 5.74) is 3.66. The first-order valence-electron chi connectivity index (χ1n) is 10.9. The Morgan fingerprint density at radius 2 is 1.40 bits per heavy atom. The second kappa shape index (κ2) is 11.5. The van der Waals surface area contributed by atoms with Gasteiger partial charge in [0.05, 0.1) is 10.0 Å². The van der Waals surface area contributed by atoms with Crippen molar-refractivity contribution in [3.63, 3.8) is 0 Å². The van der Waals surface area contributed by atoms with Crippen LogP contribution in [-0.4, -0.2) is 11.8 Å². The Kier molecular flexibility index (Phi) is 8.13. The lowest BCUT2D eigenvalue weighted by Crippen LogP contribution is -2.19. The molecule has 0 aromatic heterocycles. The Hall–Kier alpha value is -3.25. The second-order valence-corrected chi connectivity index (χ2v) is 9.81. The normalized spacial score (nSPS) is 11.5. The summed E-state index contributed by atoms with van der Waals surface area (Å²) in [6, 6.07) is 29.4. The molecule has 0 radical (unpaired) electrons. The third kappa shape index (κ3) is 6.45. The number of anilines is 2. The standard InChI is InChI=1S/C28H22Cl2N2O2S/c1-18-7-5-6-10-23(18)27(33)31-20-11-14-22(15-12-20)35-26(19-8-3-2-4-9-19)28(34)32-21-13-16-24(29)25(30)17-21/h2-17,26H,1H3,(H,31,33)(H,32,34). The van der Waals surface area contributed by atoms with Gasteiger partial charge < -0.3 is 10.6 Å². The number of hydrogen-bond acceptors (Lipinski definition) is 3. The summed E-state index contributed by atoms with van der Waals surface area (Å²) < 4.78 is 0. The van der Waals surface area contributed by atoms with Gasteiger partial charge in [-0.1, -0.05) is 71.7 Å². The van der Waals surface area contributed by atoms with Gasteiger partial charge in [0.1, 0.15) is 5.25 Å². The Labute approximate surface area is 218 Å². The summed E-state index contributed by atoms with van der Waals surface area (Å²) in [7, 11) is 0. The highest BCUT2D eigenvalue weighted by molar-refractivity contribution is 8.00. The summed E-state index contributed by atoms with van der Waals surface area (Å²) in [6.45, 7) is 1.90. The number of carbonyl (C=O) groups is 2. The van der Waals surface area contributed by atoms with Gasteiger partial charge in [0.25, 0.3) is 5.91 Å². The van der Waals surface area contributed by atoms with E-state index in [-0.39, 0.29) is 11.8 Å². The van der Waals surface area contributed by atoms with Crippen molar-refractivity contribution in [3.05, 3.63) is 124 Å². The molecule has 0 saturated heterocycles. The van der Waals surface area contributed by atoms with Crippen LogP contribution in [0.5, 0.6) is 0 Å². The number of amides is 2. The molecule has 0 spiro atoms. The fourth-order valence-corrected chi connectivity index (χ4v) is 4.78. The molecule has 0 aliphatic carbocycles. The monoisotopic (exact) mass is 520 g/mol. The molecule has 35 heavy (non-hydrogen) atoms. The first kappa shape index (κ1) is 24.9. The maximum absolute atomic E-state index is 13.2. The molecule has 4 nitrogen and oxygen atoms in total. The zero-order valence-corrected chi connectivity index (χ0v) is 21.1. The zero-order chi connectivity index (χ0) is 24.8. The molecule has 4 aromatic rings. The van der Waals surface area contributed by atoms with Crippen LogP contribution in [0.2, 0.25) is 10.0 Å². The number of aryl methyl sites for hydroxylation is 1. The SMILES string of the molecule is Cc1ccccc1C(=O)Nc1ccc(SC(C(=O)Nc2ccc(Cl)c(Cl)c2)c2ccccc2)cc1. The Morgan fingerprint density at radius 3 is 2.09 bits per heavy atom. The van der Waals surface area contributed by atoms with Crippen LogP contribution in [0.4, 0.5) is 11.4 Å². The van der Waals surface area contributed by atoms with E-state index in [4.69, 9.17) is 23.2 Å². The topological polar surface area (TPSA) is 58.2 Å². The summed E-state index contributed by atoms with van der Waals surface area (Å²) in [5, 5.41) is 6.15. The minimum atomic E-state index is -0.502. The lowest BCUT2D eigenvalue weighted by molar-refractivity contribution is -0.115. The molecular weight excluding hydrogens is 499 g/mol. The second-order valence-electron chi connectivity index (χ2n) is 7.82. The van der Waals surface area contributed by atoms with Gasteiger partial charge in [0.15, 0.2) is 0 Å². The molecule has 0 aliphatic heterocycles. The van der Waals surface area contributed by atoms with Crippen molar-refractivity contribution in [1.29, 1.82) is 0 Å². The molecule has 0 bridgehead atoms. The molecular formula is C28H22Cl2N2O2S. The van der Waals surface area contributed by atoms with Crippen LogP contribution < -0.4 is 10.6 Å². The molecule has 4 aromatic carbocycles. The number of benzene rings is 4. The molecule has 0 fully saturated rings. The van der Waals surface area contributed by atoms with Gasteiger partial charge in [-0.2, -0.15) is 0 Å². The van der Waals surface area contributed by atoms with Crippen LogP contribution >= 0.6 is 35.0 Å². The number of nitrogens with one attached hydrogen (secondary N) is 2. The highest BCUT2D eigenvalue weighted by Gasteiger charge is 2.22. The van der Waals surface area contributed by atoms with Crippen molar-refractivity contribution in [2.75, 3.05) is 10.6 Å². The van der Waals surface area contributed by atoms with Crippen LogP contribution in [0.1, 0.15) is 26.7 Å². The Morgan fingerprint density at radius 1 is 0.743 bits per heavy atom. The lowest BCUT2D eigenvalue weighted by Gasteiger charge is -2.18. The number of halogens is 2. The Bertz CT molecular complexity index is 1340. The van der Waals surface area contributed by atoms with Gasteiger partial charge in [-0.05, 0) is 66.6 Å². The van der Waals surface area contributed by atoms with Gasteiger partial charge in [0, 0.05) is 21.8 Å². The molecule has 176 valence electrons. The third-order valence-electron chi connectivity index (χ3n) is 5.28. The molecule has 4 rings (SSSR count). The van der Waals surface area contributed by atoms with Crippen LogP contribution in [0.3, 0.4) is 0 Å². The summed E-state index contributed by atoms with van der Waals surface area (Å²) in [5.74, 6) is -0.344. The fraction of sp³-hybridized carbons (Fsp3) is 0.0714. The van der Waals surface area contributed by atoms with E-state index in [1.54, 1.807) is 24.3 Å². The average molecular weight is 521 g/mol. The minimum Gasteiger partial charge on any atom is -0.325 e. The Balaban J connectivity index is 1.50. The summed E-state index contributed by atoms with van der Waals surface area (Å²) in [6.07, 6.45) is 0. The van der Waals surface area contributed by atoms with Crippen LogP contribution in [0.25, 0.3) is 0 Å². The largest absolute Gasteiger partial charge is 0.325 e. The van der Waals surface area contributed by atoms with Crippen molar-refractivity contribution in [1.82, 2.24) is 0 Å². The predicted octanol–water partition coefficient (Wildman–Crippen LogP) is 8.03. The van der Waals surface area contributed by atoms with Crippen LogP contribution in [-0.2, 0) is 4.79 Å². The lowest BCUT2D eigenvalue weighted by atomic mass is 10.1. The highest BCUT2D eigenvalue weighted by atomic mass is 35.5.